The van der Waals surface area contributed by atoms with E-state index in [4.69, 9.17) is 9.29 Å². The van der Waals surface area contributed by atoms with Gasteiger partial charge in [0.05, 0.1) is 18.1 Å². The zero-order valence-corrected chi connectivity index (χ0v) is 16.6. The number of ether oxygens (including phenoxy) is 1. The Hall–Kier alpha value is -3.04. The number of fused-ring (bicyclic) bond motifs is 1. The summed E-state index contributed by atoms with van der Waals surface area (Å²) in [5.74, 6) is 0.742. The van der Waals surface area contributed by atoms with E-state index in [2.05, 4.69) is 15.0 Å². The number of hydrogen-bond acceptors (Lipinski definition) is 7. The second kappa shape index (κ2) is 8.97. The maximum absolute atomic E-state index is 9.73. The van der Waals surface area contributed by atoms with Gasteiger partial charge < -0.3 is 9.84 Å². The van der Waals surface area contributed by atoms with Gasteiger partial charge in [0.2, 0.25) is 5.88 Å². The monoisotopic (exact) mass is 415 g/mol. The maximum atomic E-state index is 9.73. The van der Waals surface area contributed by atoms with Crippen molar-refractivity contribution < 1.29 is 22.8 Å². The Morgan fingerprint density at radius 3 is 2.66 bits per heavy atom. The molecule has 0 unspecified atom stereocenters. The second-order valence-corrected chi connectivity index (χ2v) is 8.03. The number of aryl methyl sites for hydroxylation is 1. The van der Waals surface area contributed by atoms with Crippen LogP contribution in [0.25, 0.3) is 11.1 Å². The van der Waals surface area contributed by atoms with E-state index in [1.807, 2.05) is 24.3 Å². The highest BCUT2D eigenvalue weighted by Crippen LogP contribution is 2.35. The number of aromatic nitrogens is 3. The first-order valence-electron chi connectivity index (χ1n) is 8.92. The van der Waals surface area contributed by atoms with Crippen LogP contribution in [0.1, 0.15) is 23.4 Å². The van der Waals surface area contributed by atoms with Gasteiger partial charge in [-0.15, -0.1) is 0 Å². The van der Waals surface area contributed by atoms with Gasteiger partial charge in [-0.3, -0.25) is 14.5 Å². The van der Waals surface area contributed by atoms with E-state index in [9.17, 15) is 13.5 Å². The molecule has 2 N–H and O–H groups in total. The van der Waals surface area contributed by atoms with Gasteiger partial charge in [-0.2, -0.15) is 8.42 Å². The van der Waals surface area contributed by atoms with Crippen molar-refractivity contribution in [2.45, 2.75) is 25.9 Å². The Bertz CT molecular complexity index is 1080. The molecule has 0 amide bonds. The van der Waals surface area contributed by atoms with Crippen LogP contribution in [0, 0.1) is 0 Å². The SMILES string of the molecule is CS(=O)(=O)O.Oc1cncc(-c2cc(OCc3ccccn3)nc3c2CCC3)c1. The summed E-state index contributed by atoms with van der Waals surface area (Å²) >= 11 is 0. The fourth-order valence-corrected chi connectivity index (χ4v) is 3.06. The van der Waals surface area contributed by atoms with E-state index in [-0.39, 0.29) is 5.75 Å². The highest BCUT2D eigenvalue weighted by molar-refractivity contribution is 7.85. The number of rotatable bonds is 4. The first kappa shape index (κ1) is 20.7. The van der Waals surface area contributed by atoms with E-state index in [1.54, 1.807) is 18.5 Å². The Kier molecular flexibility index (Phi) is 6.40. The smallest absolute Gasteiger partial charge is 0.261 e. The molecule has 3 aromatic rings. The first-order valence-corrected chi connectivity index (χ1v) is 10.8. The van der Waals surface area contributed by atoms with Crippen LogP contribution < -0.4 is 4.74 Å². The molecule has 3 heterocycles. The number of nitrogens with zero attached hydrogens (tertiary/aromatic N) is 3. The Labute approximate surface area is 169 Å². The number of aromatic hydroxyl groups is 1. The average molecular weight is 415 g/mol. The first-order chi connectivity index (χ1) is 13.8. The van der Waals surface area contributed by atoms with E-state index < -0.39 is 10.1 Å². The number of pyridine rings is 3. The zero-order valence-electron chi connectivity index (χ0n) is 15.8. The molecule has 0 fully saturated rings. The van der Waals surface area contributed by atoms with Crippen molar-refractivity contribution in [1.29, 1.82) is 0 Å². The molecule has 9 heteroatoms. The molecule has 4 rings (SSSR count). The lowest BCUT2D eigenvalue weighted by Gasteiger charge is -2.12. The minimum absolute atomic E-state index is 0.159. The lowest BCUT2D eigenvalue weighted by molar-refractivity contribution is 0.288. The summed E-state index contributed by atoms with van der Waals surface area (Å²) in [6, 6.07) is 9.40. The normalized spacial score (nSPS) is 12.6. The van der Waals surface area contributed by atoms with E-state index in [0.29, 0.717) is 18.7 Å². The van der Waals surface area contributed by atoms with Gasteiger partial charge >= 0.3 is 0 Å². The molecule has 0 saturated carbocycles. The predicted octanol–water partition coefficient (Wildman–Crippen LogP) is 2.82. The highest BCUT2D eigenvalue weighted by Gasteiger charge is 2.20. The predicted molar refractivity (Wildman–Crippen MR) is 107 cm³/mol. The molecule has 0 bridgehead atoms. The summed E-state index contributed by atoms with van der Waals surface area (Å²) in [5.41, 5.74) is 5.09. The molecule has 0 radical (unpaired) electrons. The lowest BCUT2D eigenvalue weighted by Crippen LogP contribution is -2.02. The third kappa shape index (κ3) is 6.23. The molecule has 0 aliphatic heterocycles. The molecule has 1 aliphatic rings. The van der Waals surface area contributed by atoms with Crippen LogP contribution in [-0.4, -0.2) is 39.3 Å². The molecule has 0 aromatic carbocycles. The summed E-state index contributed by atoms with van der Waals surface area (Å²) in [6.07, 6.45) is 8.69. The van der Waals surface area contributed by atoms with Gasteiger partial charge in [0.25, 0.3) is 10.1 Å². The summed E-state index contributed by atoms with van der Waals surface area (Å²) in [4.78, 5) is 13.0. The van der Waals surface area contributed by atoms with E-state index in [0.717, 1.165) is 41.8 Å². The highest BCUT2D eigenvalue weighted by atomic mass is 32.2. The van der Waals surface area contributed by atoms with Crippen molar-refractivity contribution in [1.82, 2.24) is 15.0 Å². The van der Waals surface area contributed by atoms with Crippen molar-refractivity contribution in [3.63, 3.8) is 0 Å². The van der Waals surface area contributed by atoms with Gasteiger partial charge in [0.15, 0.2) is 0 Å². The lowest BCUT2D eigenvalue weighted by atomic mass is 10.0. The van der Waals surface area contributed by atoms with Crippen molar-refractivity contribution in [2.24, 2.45) is 0 Å². The zero-order chi connectivity index (χ0) is 20.9. The molecule has 0 spiro atoms. The topological polar surface area (TPSA) is 123 Å². The summed E-state index contributed by atoms with van der Waals surface area (Å²) in [7, 11) is -3.67. The van der Waals surface area contributed by atoms with Crippen LogP contribution >= 0.6 is 0 Å². The summed E-state index contributed by atoms with van der Waals surface area (Å²) in [6.45, 7) is 0.379. The Balaban J connectivity index is 0.000000431. The van der Waals surface area contributed by atoms with Gasteiger partial charge in [0.1, 0.15) is 12.4 Å². The fourth-order valence-electron chi connectivity index (χ4n) is 3.06. The Morgan fingerprint density at radius 1 is 1.17 bits per heavy atom. The average Bonchev–Trinajstić information content (AvgIpc) is 3.14. The minimum atomic E-state index is -3.67. The van der Waals surface area contributed by atoms with Crippen molar-refractivity contribution in [3.05, 3.63) is 65.9 Å². The number of hydrogen-bond donors (Lipinski definition) is 2. The van der Waals surface area contributed by atoms with Crippen LogP contribution in [0.4, 0.5) is 0 Å². The van der Waals surface area contributed by atoms with E-state index in [1.165, 1.54) is 11.8 Å². The van der Waals surface area contributed by atoms with Crippen LogP contribution in [0.2, 0.25) is 0 Å². The fraction of sp³-hybridized carbons (Fsp3) is 0.250. The van der Waals surface area contributed by atoms with Crippen molar-refractivity contribution >= 4 is 10.1 Å². The molecule has 152 valence electrons. The molecule has 0 atom stereocenters. The van der Waals surface area contributed by atoms with Gasteiger partial charge in [-0.25, -0.2) is 4.98 Å². The maximum Gasteiger partial charge on any atom is 0.261 e. The van der Waals surface area contributed by atoms with Crippen LogP contribution in [0.5, 0.6) is 11.6 Å². The van der Waals surface area contributed by atoms with Crippen molar-refractivity contribution in [2.75, 3.05) is 6.26 Å². The minimum Gasteiger partial charge on any atom is -0.506 e. The molecule has 3 aromatic heterocycles. The van der Waals surface area contributed by atoms with Crippen LogP contribution in [0.3, 0.4) is 0 Å². The largest absolute Gasteiger partial charge is 0.506 e. The van der Waals surface area contributed by atoms with E-state index >= 15 is 0 Å². The summed E-state index contributed by atoms with van der Waals surface area (Å²) < 4.78 is 31.7. The summed E-state index contributed by atoms with van der Waals surface area (Å²) in [5, 5.41) is 9.73. The van der Waals surface area contributed by atoms with Crippen LogP contribution in [-0.2, 0) is 29.6 Å². The molecular formula is C20H21N3O5S. The van der Waals surface area contributed by atoms with Gasteiger partial charge in [0, 0.05) is 29.7 Å². The molecular weight excluding hydrogens is 394 g/mol. The molecule has 29 heavy (non-hydrogen) atoms. The van der Waals surface area contributed by atoms with Crippen LogP contribution in [0.15, 0.2) is 48.9 Å². The van der Waals surface area contributed by atoms with Gasteiger partial charge in [-0.1, -0.05) is 6.07 Å². The van der Waals surface area contributed by atoms with Gasteiger partial charge in [-0.05, 0) is 48.6 Å². The molecule has 0 saturated heterocycles. The third-order valence-corrected chi connectivity index (χ3v) is 4.16. The second-order valence-electron chi connectivity index (χ2n) is 6.56. The quantitative estimate of drug-likeness (QED) is 0.624. The van der Waals surface area contributed by atoms with Crippen molar-refractivity contribution in [3.8, 4) is 22.8 Å². The standard InChI is InChI=1S/C19H17N3O2.CH4O3S/c23-15-8-13(10-20-11-15)17-9-19(22-18-6-3-5-16(17)18)24-12-14-4-1-2-7-21-14;1-5(2,3)4/h1-2,4,7-11,23H,3,5-6,12H2;1H3,(H,2,3,4). The third-order valence-electron chi connectivity index (χ3n) is 4.16. The molecule has 1 aliphatic carbocycles. The Morgan fingerprint density at radius 2 is 1.97 bits per heavy atom. The molecule has 8 nitrogen and oxygen atoms in total.